The van der Waals surface area contributed by atoms with Crippen molar-refractivity contribution in [3.8, 4) is 22.6 Å². The number of aryl methyl sites for hydroxylation is 2. The van der Waals surface area contributed by atoms with Gasteiger partial charge in [-0.1, -0.05) is 42.0 Å². The fraction of sp³-hybridized carbons (Fsp3) is 0.115. The van der Waals surface area contributed by atoms with Crippen LogP contribution in [0.4, 0.5) is 10.2 Å². The number of rotatable bonds is 5. The van der Waals surface area contributed by atoms with E-state index in [9.17, 15) is 14.0 Å². The second-order valence-corrected chi connectivity index (χ2v) is 7.55. The maximum Gasteiger partial charge on any atom is 0.259 e. The SMILES string of the molecule is COc1cccc(-c2c(NC(=O)c3ccccc3F)n(-c3ccc(C)cc3)nc(C)c2=O)c1. The van der Waals surface area contributed by atoms with Crippen molar-refractivity contribution in [3.05, 3.63) is 106 Å². The van der Waals surface area contributed by atoms with Crippen LogP contribution in [0.25, 0.3) is 16.8 Å². The van der Waals surface area contributed by atoms with Crippen molar-refractivity contribution >= 4 is 11.7 Å². The summed E-state index contributed by atoms with van der Waals surface area (Å²) in [6.07, 6.45) is 0. The van der Waals surface area contributed by atoms with E-state index in [1.165, 1.54) is 30.0 Å². The van der Waals surface area contributed by atoms with Crippen molar-refractivity contribution < 1.29 is 13.9 Å². The highest BCUT2D eigenvalue weighted by molar-refractivity contribution is 6.06. The number of halogens is 1. The molecule has 166 valence electrons. The molecule has 0 unspecified atom stereocenters. The average Bonchev–Trinajstić information content (AvgIpc) is 2.82. The molecule has 1 N–H and O–H groups in total. The van der Waals surface area contributed by atoms with Crippen LogP contribution in [0, 0.1) is 19.7 Å². The van der Waals surface area contributed by atoms with Crippen LogP contribution in [0.3, 0.4) is 0 Å². The zero-order valence-electron chi connectivity index (χ0n) is 18.4. The number of benzene rings is 3. The third-order valence-corrected chi connectivity index (χ3v) is 5.24. The number of nitrogens with one attached hydrogen (secondary N) is 1. The average molecular weight is 443 g/mol. The first kappa shape index (κ1) is 22.0. The van der Waals surface area contributed by atoms with Crippen molar-refractivity contribution in [2.45, 2.75) is 13.8 Å². The third-order valence-electron chi connectivity index (χ3n) is 5.24. The molecule has 0 fully saturated rings. The number of methoxy groups -OCH3 is 1. The number of aromatic nitrogens is 2. The van der Waals surface area contributed by atoms with E-state index in [1.54, 1.807) is 37.3 Å². The minimum Gasteiger partial charge on any atom is -0.497 e. The summed E-state index contributed by atoms with van der Waals surface area (Å²) in [6, 6.07) is 20.1. The Kier molecular flexibility index (Phi) is 6.04. The summed E-state index contributed by atoms with van der Waals surface area (Å²) in [6.45, 7) is 3.57. The Labute approximate surface area is 190 Å². The smallest absolute Gasteiger partial charge is 0.259 e. The lowest BCUT2D eigenvalue weighted by Gasteiger charge is -2.19. The minimum absolute atomic E-state index is 0.135. The van der Waals surface area contributed by atoms with Crippen LogP contribution in [0.1, 0.15) is 21.6 Å². The van der Waals surface area contributed by atoms with Gasteiger partial charge in [0.2, 0.25) is 5.43 Å². The molecule has 6 nitrogen and oxygen atoms in total. The van der Waals surface area contributed by atoms with Crippen LogP contribution < -0.4 is 15.5 Å². The molecule has 7 heteroatoms. The third kappa shape index (κ3) is 4.39. The lowest BCUT2D eigenvalue weighted by atomic mass is 10.0. The van der Waals surface area contributed by atoms with Gasteiger partial charge in [-0.25, -0.2) is 9.07 Å². The molecule has 0 aliphatic rings. The molecule has 3 aromatic carbocycles. The molecule has 0 spiro atoms. The van der Waals surface area contributed by atoms with Gasteiger partial charge < -0.3 is 10.1 Å². The number of nitrogens with zero attached hydrogens (tertiary/aromatic N) is 2. The van der Waals surface area contributed by atoms with Gasteiger partial charge >= 0.3 is 0 Å². The highest BCUT2D eigenvalue weighted by Gasteiger charge is 2.22. The summed E-state index contributed by atoms with van der Waals surface area (Å²) < 4.78 is 21.1. The summed E-state index contributed by atoms with van der Waals surface area (Å²) in [5, 5.41) is 7.17. The molecule has 4 rings (SSSR count). The van der Waals surface area contributed by atoms with Gasteiger partial charge in [0, 0.05) is 0 Å². The van der Waals surface area contributed by atoms with E-state index >= 15 is 0 Å². The Bertz CT molecular complexity index is 1400. The molecule has 4 aromatic rings. The Balaban J connectivity index is 1.98. The highest BCUT2D eigenvalue weighted by Crippen LogP contribution is 2.30. The van der Waals surface area contributed by atoms with E-state index in [4.69, 9.17) is 4.74 Å². The maximum absolute atomic E-state index is 14.3. The van der Waals surface area contributed by atoms with Crippen LogP contribution in [0.5, 0.6) is 5.75 Å². The van der Waals surface area contributed by atoms with Crippen molar-refractivity contribution in [2.75, 3.05) is 12.4 Å². The predicted octanol–water partition coefficient (Wildman–Crippen LogP) is 4.92. The molecule has 33 heavy (non-hydrogen) atoms. The Morgan fingerprint density at radius 2 is 1.73 bits per heavy atom. The van der Waals surface area contributed by atoms with Crippen molar-refractivity contribution in [3.63, 3.8) is 0 Å². The van der Waals surface area contributed by atoms with E-state index in [0.29, 0.717) is 17.0 Å². The molecule has 1 heterocycles. The predicted molar refractivity (Wildman–Crippen MR) is 126 cm³/mol. The first-order chi connectivity index (χ1) is 15.9. The monoisotopic (exact) mass is 443 g/mol. The molecule has 0 atom stereocenters. The van der Waals surface area contributed by atoms with Gasteiger partial charge in [0.25, 0.3) is 5.91 Å². The standard InChI is InChI=1S/C26H22FN3O3/c1-16-11-13-19(14-12-16)30-25(28-26(32)21-9-4-5-10-22(21)27)23(24(31)17(2)29-30)18-7-6-8-20(15-18)33-3/h4-15H,1-3H3,(H,28,32). The first-order valence-corrected chi connectivity index (χ1v) is 10.3. The molecule has 0 saturated carbocycles. The van der Waals surface area contributed by atoms with Gasteiger partial charge in [0.05, 0.1) is 23.9 Å². The molecule has 1 aromatic heterocycles. The van der Waals surface area contributed by atoms with Gasteiger partial charge in [-0.3, -0.25) is 9.59 Å². The summed E-state index contributed by atoms with van der Waals surface area (Å²) in [5.74, 6) is -0.670. The summed E-state index contributed by atoms with van der Waals surface area (Å²) >= 11 is 0. The maximum atomic E-state index is 14.3. The molecule has 0 bridgehead atoms. The second kappa shape index (κ2) is 9.08. The van der Waals surface area contributed by atoms with E-state index in [0.717, 1.165) is 5.56 Å². The molecule has 0 radical (unpaired) electrons. The molecule has 0 aliphatic carbocycles. The Morgan fingerprint density at radius 1 is 1.00 bits per heavy atom. The topological polar surface area (TPSA) is 73.2 Å². The fourth-order valence-corrected chi connectivity index (χ4v) is 3.49. The van der Waals surface area contributed by atoms with Crippen molar-refractivity contribution in [1.29, 1.82) is 0 Å². The Morgan fingerprint density at radius 3 is 2.42 bits per heavy atom. The minimum atomic E-state index is -0.692. The van der Waals surface area contributed by atoms with Crippen LogP contribution in [0.2, 0.25) is 0 Å². The van der Waals surface area contributed by atoms with Gasteiger partial charge in [-0.2, -0.15) is 5.10 Å². The molecular weight excluding hydrogens is 421 g/mol. The van der Waals surface area contributed by atoms with E-state index < -0.39 is 11.7 Å². The number of hydrogen-bond acceptors (Lipinski definition) is 4. The van der Waals surface area contributed by atoms with Gasteiger partial charge in [0.15, 0.2) is 0 Å². The van der Waals surface area contributed by atoms with E-state index in [1.807, 2.05) is 31.2 Å². The van der Waals surface area contributed by atoms with Gasteiger partial charge in [0.1, 0.15) is 23.1 Å². The van der Waals surface area contributed by atoms with Crippen LogP contribution in [0.15, 0.2) is 77.6 Å². The second-order valence-electron chi connectivity index (χ2n) is 7.55. The van der Waals surface area contributed by atoms with E-state index in [-0.39, 0.29) is 28.1 Å². The fourth-order valence-electron chi connectivity index (χ4n) is 3.49. The first-order valence-electron chi connectivity index (χ1n) is 10.3. The number of carbonyl (C=O) groups excluding carboxylic acids is 1. The molecule has 0 aliphatic heterocycles. The molecular formula is C26H22FN3O3. The summed E-state index contributed by atoms with van der Waals surface area (Å²) in [7, 11) is 1.53. The lowest BCUT2D eigenvalue weighted by molar-refractivity contribution is 0.102. The number of amides is 1. The van der Waals surface area contributed by atoms with E-state index in [2.05, 4.69) is 10.4 Å². The molecule has 1 amide bonds. The molecule has 0 saturated heterocycles. The number of carbonyl (C=O) groups is 1. The summed E-state index contributed by atoms with van der Waals surface area (Å²) in [5.41, 5.74) is 2.20. The number of ether oxygens (including phenoxy) is 1. The largest absolute Gasteiger partial charge is 0.497 e. The van der Waals surface area contributed by atoms with Gasteiger partial charge in [-0.15, -0.1) is 0 Å². The summed E-state index contributed by atoms with van der Waals surface area (Å²) in [4.78, 5) is 26.3. The normalized spacial score (nSPS) is 10.7. The lowest BCUT2D eigenvalue weighted by Crippen LogP contribution is -2.25. The van der Waals surface area contributed by atoms with Gasteiger partial charge in [-0.05, 0) is 55.8 Å². The zero-order chi connectivity index (χ0) is 23.5. The zero-order valence-corrected chi connectivity index (χ0v) is 18.4. The number of hydrogen-bond donors (Lipinski definition) is 1. The number of anilines is 1. The highest BCUT2D eigenvalue weighted by atomic mass is 19.1. The van der Waals surface area contributed by atoms with Crippen LogP contribution in [-0.4, -0.2) is 22.8 Å². The van der Waals surface area contributed by atoms with Crippen LogP contribution >= 0.6 is 0 Å². The van der Waals surface area contributed by atoms with Crippen molar-refractivity contribution in [1.82, 2.24) is 9.78 Å². The quantitative estimate of drug-likeness (QED) is 0.475. The van der Waals surface area contributed by atoms with Crippen molar-refractivity contribution in [2.24, 2.45) is 0 Å². The Hall–Kier alpha value is -4.26. The van der Waals surface area contributed by atoms with Crippen LogP contribution in [-0.2, 0) is 0 Å².